The molecular formula is C19H32O6. The summed E-state index contributed by atoms with van der Waals surface area (Å²) < 4.78 is 10.8. The van der Waals surface area contributed by atoms with Crippen LogP contribution < -0.4 is 0 Å². The Morgan fingerprint density at radius 1 is 1.28 bits per heavy atom. The highest BCUT2D eigenvalue weighted by molar-refractivity contribution is 5.79. The fourth-order valence-electron chi connectivity index (χ4n) is 4.25. The van der Waals surface area contributed by atoms with Gasteiger partial charge in [-0.15, -0.1) is 0 Å². The molecule has 2 N–H and O–H groups in total. The predicted molar refractivity (Wildman–Crippen MR) is 91.7 cm³/mol. The van der Waals surface area contributed by atoms with Gasteiger partial charge < -0.3 is 19.7 Å². The Morgan fingerprint density at radius 2 is 2.00 bits per heavy atom. The molecule has 0 heterocycles. The van der Waals surface area contributed by atoms with Gasteiger partial charge in [-0.05, 0) is 45.4 Å². The summed E-state index contributed by atoms with van der Waals surface area (Å²) >= 11 is 0. The zero-order valence-electron chi connectivity index (χ0n) is 15.7. The molecule has 0 aliphatic heterocycles. The highest BCUT2D eigenvalue weighted by atomic mass is 16.6. The lowest BCUT2D eigenvalue weighted by molar-refractivity contribution is -0.195. The maximum atomic E-state index is 12.3. The van der Waals surface area contributed by atoms with Crippen LogP contribution in [-0.2, 0) is 19.1 Å². The van der Waals surface area contributed by atoms with Crippen molar-refractivity contribution in [1.29, 1.82) is 0 Å². The lowest BCUT2D eigenvalue weighted by Gasteiger charge is -2.50. The van der Waals surface area contributed by atoms with Crippen LogP contribution in [0, 0.1) is 11.3 Å². The predicted octanol–water partition coefficient (Wildman–Crippen LogP) is 2.35. The van der Waals surface area contributed by atoms with Gasteiger partial charge in [-0.25, -0.2) is 4.79 Å². The van der Waals surface area contributed by atoms with E-state index >= 15 is 0 Å². The molecule has 0 aromatic carbocycles. The Kier molecular flexibility index (Phi) is 6.15. The third-order valence-corrected chi connectivity index (χ3v) is 5.89. The van der Waals surface area contributed by atoms with E-state index in [1.54, 1.807) is 13.8 Å². The second kappa shape index (κ2) is 7.62. The number of ether oxygens (including phenoxy) is 2. The molecule has 25 heavy (non-hydrogen) atoms. The number of carbonyl (C=O) groups is 2. The molecule has 144 valence electrons. The van der Waals surface area contributed by atoms with Crippen molar-refractivity contribution in [2.24, 2.45) is 11.3 Å². The highest BCUT2D eigenvalue weighted by Gasteiger charge is 2.51. The summed E-state index contributed by atoms with van der Waals surface area (Å²) in [5, 5.41) is 20.2. The third kappa shape index (κ3) is 4.94. The Balaban J connectivity index is 1.99. The third-order valence-electron chi connectivity index (χ3n) is 5.89. The molecule has 0 spiro atoms. The Morgan fingerprint density at radius 3 is 2.60 bits per heavy atom. The molecule has 6 heteroatoms. The molecule has 3 atom stereocenters. The molecule has 2 aliphatic rings. The number of aliphatic hydroxyl groups is 2. The van der Waals surface area contributed by atoms with Crippen LogP contribution in [-0.4, -0.2) is 46.6 Å². The lowest BCUT2D eigenvalue weighted by Crippen LogP contribution is -2.53. The van der Waals surface area contributed by atoms with Crippen molar-refractivity contribution in [1.82, 2.24) is 0 Å². The first-order valence-corrected chi connectivity index (χ1v) is 9.36. The molecule has 2 bridgehead atoms. The van der Waals surface area contributed by atoms with Gasteiger partial charge in [0.15, 0.2) is 6.61 Å². The van der Waals surface area contributed by atoms with Gasteiger partial charge in [0, 0.05) is 19.4 Å². The molecule has 2 fully saturated rings. The quantitative estimate of drug-likeness (QED) is 0.680. The molecule has 6 nitrogen and oxygen atoms in total. The van der Waals surface area contributed by atoms with Crippen molar-refractivity contribution < 1.29 is 29.3 Å². The summed E-state index contributed by atoms with van der Waals surface area (Å²) in [6.45, 7) is 4.88. The van der Waals surface area contributed by atoms with Crippen LogP contribution in [0.3, 0.4) is 0 Å². The number of esters is 2. The molecule has 0 saturated heterocycles. The summed E-state index contributed by atoms with van der Waals surface area (Å²) in [5.74, 6) is -0.743. The number of hydrogen-bond donors (Lipinski definition) is 2. The molecule has 0 amide bonds. The fraction of sp³-hybridized carbons (Fsp3) is 0.895. The van der Waals surface area contributed by atoms with E-state index in [1.165, 1.54) is 0 Å². The summed E-state index contributed by atoms with van der Waals surface area (Å²) in [4.78, 5) is 24.3. The number of fused-ring (bicyclic) bond motifs is 2. The SMILES string of the molecule is CCC(C)(C)C(=O)OCC(=O)OC1(CCO)CC2CCCC(O)(C2)C1. The van der Waals surface area contributed by atoms with Crippen LogP contribution in [0.2, 0.25) is 0 Å². The molecule has 0 aromatic rings. The van der Waals surface area contributed by atoms with Crippen LogP contribution >= 0.6 is 0 Å². The van der Waals surface area contributed by atoms with E-state index in [1.807, 2.05) is 6.92 Å². The summed E-state index contributed by atoms with van der Waals surface area (Å²) in [6.07, 6.45) is 5.33. The van der Waals surface area contributed by atoms with Gasteiger partial charge in [-0.1, -0.05) is 19.8 Å². The van der Waals surface area contributed by atoms with Crippen molar-refractivity contribution in [2.75, 3.05) is 13.2 Å². The largest absolute Gasteiger partial charge is 0.456 e. The second-order valence-corrected chi connectivity index (χ2v) is 8.51. The van der Waals surface area contributed by atoms with Crippen LogP contribution in [0.1, 0.15) is 72.1 Å². The summed E-state index contributed by atoms with van der Waals surface area (Å²) in [5.41, 5.74) is -2.33. The summed E-state index contributed by atoms with van der Waals surface area (Å²) in [6, 6.07) is 0. The van der Waals surface area contributed by atoms with Crippen LogP contribution in [0.5, 0.6) is 0 Å². The van der Waals surface area contributed by atoms with E-state index in [2.05, 4.69) is 0 Å². The zero-order chi connectivity index (χ0) is 18.7. The van der Waals surface area contributed by atoms with Gasteiger partial charge in [-0.3, -0.25) is 4.79 Å². The minimum atomic E-state index is -0.864. The van der Waals surface area contributed by atoms with E-state index in [0.717, 1.165) is 19.3 Å². The van der Waals surface area contributed by atoms with Crippen LogP contribution in [0.25, 0.3) is 0 Å². The van der Waals surface area contributed by atoms with Crippen LogP contribution in [0.15, 0.2) is 0 Å². The van der Waals surface area contributed by atoms with E-state index in [-0.39, 0.29) is 6.61 Å². The van der Waals surface area contributed by atoms with Gasteiger partial charge in [-0.2, -0.15) is 0 Å². The molecule has 2 saturated carbocycles. The van der Waals surface area contributed by atoms with Crippen molar-refractivity contribution in [3.63, 3.8) is 0 Å². The lowest BCUT2D eigenvalue weighted by atomic mass is 9.62. The maximum absolute atomic E-state index is 12.3. The van der Waals surface area contributed by atoms with E-state index in [9.17, 15) is 19.8 Å². The molecule has 2 aliphatic carbocycles. The molecule has 2 rings (SSSR count). The molecule has 0 radical (unpaired) electrons. The first-order chi connectivity index (χ1) is 11.6. The topological polar surface area (TPSA) is 93.1 Å². The number of hydrogen-bond acceptors (Lipinski definition) is 6. The average molecular weight is 356 g/mol. The monoisotopic (exact) mass is 356 g/mol. The van der Waals surface area contributed by atoms with Gasteiger partial charge in [0.1, 0.15) is 5.60 Å². The molecular weight excluding hydrogens is 324 g/mol. The van der Waals surface area contributed by atoms with Crippen molar-refractivity contribution in [3.8, 4) is 0 Å². The fourth-order valence-corrected chi connectivity index (χ4v) is 4.25. The van der Waals surface area contributed by atoms with Crippen LogP contribution in [0.4, 0.5) is 0 Å². The van der Waals surface area contributed by atoms with Gasteiger partial charge in [0.05, 0.1) is 11.0 Å². The minimum Gasteiger partial charge on any atom is -0.456 e. The molecule has 0 aromatic heterocycles. The normalized spacial score (nSPS) is 32.1. The first kappa shape index (κ1) is 20.2. The number of aliphatic hydroxyl groups excluding tert-OH is 1. The summed E-state index contributed by atoms with van der Waals surface area (Å²) in [7, 11) is 0. The maximum Gasteiger partial charge on any atom is 0.344 e. The van der Waals surface area contributed by atoms with Crippen molar-refractivity contribution >= 4 is 11.9 Å². The minimum absolute atomic E-state index is 0.112. The average Bonchev–Trinajstić information content (AvgIpc) is 2.51. The number of rotatable bonds is 7. The zero-order valence-corrected chi connectivity index (χ0v) is 15.7. The molecule has 3 unspecified atom stereocenters. The van der Waals surface area contributed by atoms with E-state index in [4.69, 9.17) is 9.47 Å². The Labute approximate surface area is 149 Å². The van der Waals surface area contributed by atoms with E-state index in [0.29, 0.717) is 38.0 Å². The Hall–Kier alpha value is -1.14. The standard InChI is InChI=1S/C19H32O6/c1-4-17(2,3)16(22)24-12-15(21)25-19(8-9-20)11-14-6-5-7-18(23,10-14)13-19/h14,20,23H,4-13H2,1-3H3. The Bertz CT molecular complexity index is 502. The van der Waals surface area contributed by atoms with Gasteiger partial charge in [0.2, 0.25) is 0 Å². The smallest absolute Gasteiger partial charge is 0.344 e. The van der Waals surface area contributed by atoms with Gasteiger partial charge >= 0.3 is 11.9 Å². The van der Waals surface area contributed by atoms with Crippen molar-refractivity contribution in [2.45, 2.75) is 83.3 Å². The first-order valence-electron chi connectivity index (χ1n) is 9.36. The van der Waals surface area contributed by atoms with E-state index < -0.39 is 35.2 Å². The highest BCUT2D eigenvalue weighted by Crippen LogP contribution is 2.49. The van der Waals surface area contributed by atoms with Crippen molar-refractivity contribution in [3.05, 3.63) is 0 Å². The van der Waals surface area contributed by atoms with Gasteiger partial charge in [0.25, 0.3) is 0 Å². The number of carbonyl (C=O) groups excluding carboxylic acids is 2. The second-order valence-electron chi connectivity index (χ2n) is 8.51.